The van der Waals surface area contributed by atoms with Crippen molar-refractivity contribution in [1.29, 1.82) is 0 Å². The third kappa shape index (κ3) is 1.62. The Kier molecular flexibility index (Phi) is 2.34. The highest BCUT2D eigenvalue weighted by molar-refractivity contribution is 5.86. The van der Waals surface area contributed by atoms with Gasteiger partial charge in [-0.05, 0) is 37.5 Å². The lowest BCUT2D eigenvalue weighted by Crippen LogP contribution is -2.25. The van der Waals surface area contributed by atoms with E-state index in [0.717, 1.165) is 35.5 Å². The van der Waals surface area contributed by atoms with Crippen LogP contribution in [0.3, 0.4) is 0 Å². The van der Waals surface area contributed by atoms with E-state index in [1.54, 1.807) is 0 Å². The molecule has 5 heteroatoms. The lowest BCUT2D eigenvalue weighted by molar-refractivity contribution is -0.129. The number of carbonyl (C=O) groups is 1. The summed E-state index contributed by atoms with van der Waals surface area (Å²) in [6.45, 7) is 0.822. The van der Waals surface area contributed by atoms with Crippen molar-refractivity contribution in [2.75, 3.05) is 19.3 Å². The van der Waals surface area contributed by atoms with Crippen molar-refractivity contribution in [1.82, 2.24) is 14.5 Å². The molecule has 104 valence electrons. The second-order valence-corrected chi connectivity index (χ2v) is 5.93. The second kappa shape index (κ2) is 3.98. The van der Waals surface area contributed by atoms with Gasteiger partial charge < -0.3 is 15.2 Å². The third-order valence-electron chi connectivity index (χ3n) is 4.39. The molecule has 1 aromatic heterocycles. The van der Waals surface area contributed by atoms with Crippen molar-refractivity contribution in [3.8, 4) is 0 Å². The SMILES string of the molecule is CN1CCC(n2c(C3CC3)nc3cc(N)ccc32)C1=O. The molecule has 1 atom stereocenters. The van der Waals surface area contributed by atoms with Gasteiger partial charge in [-0.15, -0.1) is 0 Å². The van der Waals surface area contributed by atoms with Crippen LogP contribution < -0.4 is 5.73 Å². The molecule has 0 spiro atoms. The van der Waals surface area contributed by atoms with Crippen LogP contribution in [0.4, 0.5) is 5.69 Å². The van der Waals surface area contributed by atoms with Gasteiger partial charge in [-0.2, -0.15) is 0 Å². The van der Waals surface area contributed by atoms with E-state index in [9.17, 15) is 4.79 Å². The van der Waals surface area contributed by atoms with Gasteiger partial charge in [0.2, 0.25) is 5.91 Å². The van der Waals surface area contributed by atoms with Crippen LogP contribution >= 0.6 is 0 Å². The first-order chi connectivity index (χ1) is 9.65. The van der Waals surface area contributed by atoms with Crippen LogP contribution in [0.25, 0.3) is 11.0 Å². The molecule has 20 heavy (non-hydrogen) atoms. The van der Waals surface area contributed by atoms with Crippen LogP contribution in [0.15, 0.2) is 18.2 Å². The van der Waals surface area contributed by atoms with Gasteiger partial charge in [-0.3, -0.25) is 4.79 Å². The molecule has 1 unspecified atom stereocenters. The molecule has 2 heterocycles. The molecule has 1 amide bonds. The van der Waals surface area contributed by atoms with Gasteiger partial charge in [-0.25, -0.2) is 4.98 Å². The van der Waals surface area contributed by atoms with Gasteiger partial charge in [0.15, 0.2) is 0 Å². The van der Waals surface area contributed by atoms with Crippen LogP contribution in [0.1, 0.15) is 37.0 Å². The van der Waals surface area contributed by atoms with Gasteiger partial charge in [0.25, 0.3) is 0 Å². The van der Waals surface area contributed by atoms with Crippen molar-refractivity contribution in [2.45, 2.75) is 31.2 Å². The summed E-state index contributed by atoms with van der Waals surface area (Å²) in [5, 5.41) is 0. The van der Waals surface area contributed by atoms with Crippen molar-refractivity contribution in [3.05, 3.63) is 24.0 Å². The van der Waals surface area contributed by atoms with Crippen LogP contribution in [0, 0.1) is 0 Å². The van der Waals surface area contributed by atoms with E-state index < -0.39 is 0 Å². The van der Waals surface area contributed by atoms with E-state index >= 15 is 0 Å². The molecule has 5 nitrogen and oxygen atoms in total. The summed E-state index contributed by atoms with van der Waals surface area (Å²) in [4.78, 5) is 18.9. The Morgan fingerprint density at radius 2 is 2.10 bits per heavy atom. The highest BCUT2D eigenvalue weighted by atomic mass is 16.2. The zero-order chi connectivity index (χ0) is 13.9. The number of hydrogen-bond donors (Lipinski definition) is 1. The molecule has 0 radical (unpaired) electrons. The molecular formula is C15H18N4O. The van der Waals surface area contributed by atoms with Gasteiger partial charge >= 0.3 is 0 Å². The number of fused-ring (bicyclic) bond motifs is 1. The van der Waals surface area contributed by atoms with E-state index in [4.69, 9.17) is 10.7 Å². The topological polar surface area (TPSA) is 64.2 Å². The van der Waals surface area contributed by atoms with E-state index in [1.807, 2.05) is 30.1 Å². The number of nitrogens with two attached hydrogens (primary N) is 1. The van der Waals surface area contributed by atoms with E-state index in [2.05, 4.69) is 4.57 Å². The molecule has 4 rings (SSSR count). The first-order valence-corrected chi connectivity index (χ1v) is 7.17. The average molecular weight is 270 g/mol. The van der Waals surface area contributed by atoms with E-state index in [0.29, 0.717) is 5.92 Å². The molecule has 2 aliphatic rings. The highest BCUT2D eigenvalue weighted by Gasteiger charge is 2.37. The Morgan fingerprint density at radius 3 is 2.75 bits per heavy atom. The van der Waals surface area contributed by atoms with Crippen LogP contribution in [0.5, 0.6) is 0 Å². The number of nitrogens with zero attached hydrogens (tertiary/aromatic N) is 3. The minimum absolute atomic E-state index is 0.0933. The van der Waals surface area contributed by atoms with Crippen LogP contribution in [-0.2, 0) is 4.79 Å². The van der Waals surface area contributed by atoms with Crippen molar-refractivity contribution < 1.29 is 4.79 Å². The minimum Gasteiger partial charge on any atom is -0.399 e. The fraction of sp³-hybridized carbons (Fsp3) is 0.467. The molecule has 1 saturated carbocycles. The molecule has 1 saturated heterocycles. The normalized spacial score (nSPS) is 22.9. The van der Waals surface area contributed by atoms with Gasteiger partial charge in [0.05, 0.1) is 11.0 Å². The maximum absolute atomic E-state index is 12.4. The van der Waals surface area contributed by atoms with Crippen molar-refractivity contribution >= 4 is 22.6 Å². The van der Waals surface area contributed by atoms with Gasteiger partial charge in [0.1, 0.15) is 11.9 Å². The Labute approximate surface area is 117 Å². The summed E-state index contributed by atoms with van der Waals surface area (Å²) in [5.74, 6) is 1.78. The number of hydrogen-bond acceptors (Lipinski definition) is 3. The second-order valence-electron chi connectivity index (χ2n) is 5.93. The third-order valence-corrected chi connectivity index (χ3v) is 4.39. The smallest absolute Gasteiger partial charge is 0.245 e. The molecule has 2 aromatic rings. The quantitative estimate of drug-likeness (QED) is 0.848. The van der Waals surface area contributed by atoms with Crippen LogP contribution in [-0.4, -0.2) is 34.0 Å². The number of anilines is 1. The molecule has 2 fully saturated rings. The Balaban J connectivity index is 1.92. The monoisotopic (exact) mass is 270 g/mol. The fourth-order valence-corrected chi connectivity index (χ4v) is 3.14. The number of imidazole rings is 1. The number of amides is 1. The molecule has 0 bridgehead atoms. The molecule has 2 N–H and O–H groups in total. The van der Waals surface area contributed by atoms with Crippen LogP contribution in [0.2, 0.25) is 0 Å². The predicted molar refractivity (Wildman–Crippen MR) is 77.4 cm³/mol. The zero-order valence-electron chi connectivity index (χ0n) is 11.5. The van der Waals surface area contributed by atoms with E-state index in [1.165, 1.54) is 12.8 Å². The lowest BCUT2D eigenvalue weighted by Gasteiger charge is -2.15. The zero-order valence-corrected chi connectivity index (χ0v) is 11.5. The first-order valence-electron chi connectivity index (χ1n) is 7.17. The van der Waals surface area contributed by atoms with Gasteiger partial charge in [-0.1, -0.05) is 0 Å². The Bertz CT molecular complexity index is 701. The summed E-state index contributed by atoms with van der Waals surface area (Å²) < 4.78 is 2.16. The molecule has 1 aliphatic heterocycles. The fourth-order valence-electron chi connectivity index (χ4n) is 3.14. The maximum atomic E-state index is 12.4. The van der Waals surface area contributed by atoms with E-state index in [-0.39, 0.29) is 11.9 Å². The number of carbonyl (C=O) groups excluding carboxylic acids is 1. The summed E-state index contributed by atoms with van der Waals surface area (Å²) in [6.07, 6.45) is 3.22. The molecular weight excluding hydrogens is 252 g/mol. The largest absolute Gasteiger partial charge is 0.399 e. The number of rotatable bonds is 2. The average Bonchev–Trinajstić information content (AvgIpc) is 3.14. The minimum atomic E-state index is -0.0933. The standard InChI is InChI=1S/C15H18N4O/c1-18-7-6-13(15(18)20)19-12-5-4-10(16)8-11(12)17-14(19)9-2-3-9/h4-5,8-9,13H,2-3,6-7,16H2,1H3. The number of likely N-dealkylation sites (N-methyl/N-ethyl adjacent to an activating group) is 1. The number of benzene rings is 1. The lowest BCUT2D eigenvalue weighted by atomic mass is 10.2. The number of aromatic nitrogens is 2. The number of nitrogen functional groups attached to an aromatic ring is 1. The van der Waals surface area contributed by atoms with Crippen molar-refractivity contribution in [2.24, 2.45) is 0 Å². The van der Waals surface area contributed by atoms with Gasteiger partial charge in [0, 0.05) is 25.2 Å². The summed E-state index contributed by atoms with van der Waals surface area (Å²) >= 11 is 0. The summed E-state index contributed by atoms with van der Waals surface area (Å²) in [7, 11) is 1.87. The Hall–Kier alpha value is -2.04. The summed E-state index contributed by atoms with van der Waals surface area (Å²) in [5.41, 5.74) is 8.52. The Morgan fingerprint density at radius 1 is 1.30 bits per heavy atom. The molecule has 1 aromatic carbocycles. The maximum Gasteiger partial charge on any atom is 0.245 e. The van der Waals surface area contributed by atoms with Crippen molar-refractivity contribution in [3.63, 3.8) is 0 Å². The number of likely N-dealkylation sites (tertiary alicyclic amines) is 1. The first kappa shape index (κ1) is 11.8. The molecule has 1 aliphatic carbocycles. The summed E-state index contributed by atoms with van der Waals surface area (Å²) in [6, 6.07) is 5.69. The predicted octanol–water partition coefficient (Wildman–Crippen LogP) is 1.90. The highest BCUT2D eigenvalue weighted by Crippen LogP contribution is 2.43.